The van der Waals surface area contributed by atoms with Crippen LogP contribution in [0.25, 0.3) is 11.0 Å². The Labute approximate surface area is 237 Å². The highest BCUT2D eigenvalue weighted by Gasteiger charge is 2.20. The average Bonchev–Trinajstić information content (AvgIpc) is 3.31. The summed E-state index contributed by atoms with van der Waals surface area (Å²) < 4.78 is 7.25. The molecule has 0 fully saturated rings. The van der Waals surface area contributed by atoms with E-state index in [1.54, 1.807) is 7.11 Å². The first-order valence-electron chi connectivity index (χ1n) is 14.1. The summed E-state index contributed by atoms with van der Waals surface area (Å²) in [6.07, 6.45) is 3.93. The van der Waals surface area contributed by atoms with Crippen LogP contribution in [0.5, 0.6) is 5.75 Å². The van der Waals surface area contributed by atoms with Crippen LogP contribution in [-0.2, 0) is 35.5 Å². The van der Waals surface area contributed by atoms with Crippen LogP contribution < -0.4 is 10.1 Å². The zero-order valence-electron chi connectivity index (χ0n) is 23.8. The minimum Gasteiger partial charge on any atom is -0.497 e. The Morgan fingerprint density at radius 3 is 2.35 bits per heavy atom. The van der Waals surface area contributed by atoms with Gasteiger partial charge in [0.05, 0.1) is 24.6 Å². The number of nitrogens with one attached hydrogen (secondary N) is 1. The highest BCUT2D eigenvalue weighted by Crippen LogP contribution is 2.19. The van der Waals surface area contributed by atoms with E-state index in [0.717, 1.165) is 59.4 Å². The van der Waals surface area contributed by atoms with E-state index in [9.17, 15) is 9.59 Å². The molecular formula is C33H40N4O3. The number of carbonyl (C=O) groups is 2. The molecule has 1 heterocycles. The second-order valence-corrected chi connectivity index (χ2v) is 10.4. The standard InChI is InChI=1S/C33H40N4O3/c1-25(2)36(23-27-12-6-4-7-13-27)33(39)24-37-30-15-10-9-14-29(30)35-31(37)16-8-5-11-21-34-32(38)22-26-17-19-28(40-3)20-18-26/h4,6-7,9-10,12-15,17-20,25H,5,8,11,16,21-24H2,1-3H3,(H,34,38). The van der Waals surface area contributed by atoms with Crippen LogP contribution in [0.2, 0.25) is 0 Å². The van der Waals surface area contributed by atoms with Crippen LogP contribution in [0.1, 0.15) is 50.1 Å². The molecular weight excluding hydrogens is 500 g/mol. The predicted molar refractivity (Wildman–Crippen MR) is 159 cm³/mol. The maximum absolute atomic E-state index is 13.5. The van der Waals surface area contributed by atoms with Gasteiger partial charge in [-0.3, -0.25) is 9.59 Å². The molecule has 7 heteroatoms. The lowest BCUT2D eigenvalue weighted by molar-refractivity contribution is -0.134. The molecule has 0 atom stereocenters. The minimum atomic E-state index is 0.0238. The Hall–Kier alpha value is -4.13. The van der Waals surface area contributed by atoms with Crippen molar-refractivity contribution in [2.24, 2.45) is 0 Å². The summed E-state index contributed by atoms with van der Waals surface area (Å²) in [7, 11) is 1.63. The second-order valence-electron chi connectivity index (χ2n) is 10.4. The molecule has 0 saturated carbocycles. The lowest BCUT2D eigenvalue weighted by Crippen LogP contribution is -2.38. The predicted octanol–water partition coefficient (Wildman–Crippen LogP) is 5.55. The number of hydrogen-bond acceptors (Lipinski definition) is 4. The van der Waals surface area contributed by atoms with E-state index < -0.39 is 0 Å². The van der Waals surface area contributed by atoms with Crippen LogP contribution in [-0.4, -0.2) is 46.0 Å². The lowest BCUT2D eigenvalue weighted by atomic mass is 10.1. The van der Waals surface area contributed by atoms with Gasteiger partial charge >= 0.3 is 0 Å². The van der Waals surface area contributed by atoms with Crippen LogP contribution in [0.3, 0.4) is 0 Å². The van der Waals surface area contributed by atoms with Crippen LogP contribution in [0.4, 0.5) is 0 Å². The Morgan fingerprint density at radius 2 is 1.62 bits per heavy atom. The Balaban J connectivity index is 1.30. The molecule has 3 aromatic carbocycles. The second kappa shape index (κ2) is 14.3. The van der Waals surface area contributed by atoms with Crippen molar-refractivity contribution in [1.29, 1.82) is 0 Å². The van der Waals surface area contributed by atoms with Gasteiger partial charge in [0.15, 0.2) is 0 Å². The quantitative estimate of drug-likeness (QED) is 0.213. The number of benzene rings is 3. The van der Waals surface area contributed by atoms with Gasteiger partial charge in [-0.2, -0.15) is 0 Å². The zero-order valence-corrected chi connectivity index (χ0v) is 23.8. The molecule has 2 amide bonds. The number of fused-ring (bicyclic) bond motifs is 1. The van der Waals surface area contributed by atoms with Crippen molar-refractivity contribution in [3.05, 3.63) is 95.8 Å². The highest BCUT2D eigenvalue weighted by molar-refractivity contribution is 5.81. The summed E-state index contributed by atoms with van der Waals surface area (Å²) >= 11 is 0. The number of para-hydroxylation sites is 2. The molecule has 0 radical (unpaired) electrons. The molecule has 210 valence electrons. The lowest BCUT2D eigenvalue weighted by Gasteiger charge is -2.27. The van der Waals surface area contributed by atoms with Gasteiger partial charge < -0.3 is 19.5 Å². The molecule has 4 aromatic rings. The zero-order chi connectivity index (χ0) is 28.3. The molecule has 0 aliphatic rings. The normalized spacial score (nSPS) is 11.1. The first-order chi connectivity index (χ1) is 19.4. The van der Waals surface area contributed by atoms with E-state index in [0.29, 0.717) is 19.5 Å². The number of methoxy groups -OCH3 is 1. The monoisotopic (exact) mass is 540 g/mol. The number of unbranched alkanes of at least 4 members (excludes halogenated alkanes) is 2. The largest absolute Gasteiger partial charge is 0.497 e. The smallest absolute Gasteiger partial charge is 0.243 e. The van der Waals surface area contributed by atoms with Crippen molar-refractivity contribution in [2.45, 2.75) is 65.1 Å². The van der Waals surface area contributed by atoms with Gasteiger partial charge in [0.2, 0.25) is 11.8 Å². The number of ether oxygens (including phenoxy) is 1. The molecule has 0 aliphatic heterocycles. The third kappa shape index (κ3) is 7.94. The Morgan fingerprint density at radius 1 is 0.900 bits per heavy atom. The summed E-state index contributed by atoms with van der Waals surface area (Å²) in [4.78, 5) is 32.6. The van der Waals surface area contributed by atoms with E-state index in [2.05, 4.69) is 35.9 Å². The molecule has 1 N–H and O–H groups in total. The molecule has 0 saturated heterocycles. The fourth-order valence-corrected chi connectivity index (χ4v) is 4.86. The molecule has 40 heavy (non-hydrogen) atoms. The number of hydrogen-bond donors (Lipinski definition) is 1. The Kier molecular flexibility index (Phi) is 10.3. The van der Waals surface area contributed by atoms with E-state index in [1.807, 2.05) is 71.6 Å². The van der Waals surface area contributed by atoms with E-state index in [4.69, 9.17) is 9.72 Å². The molecule has 4 rings (SSSR count). The van der Waals surface area contributed by atoms with Crippen molar-refractivity contribution >= 4 is 22.8 Å². The van der Waals surface area contributed by atoms with Gasteiger partial charge in [-0.05, 0) is 62.1 Å². The number of aromatic nitrogens is 2. The van der Waals surface area contributed by atoms with Gasteiger partial charge in [-0.1, -0.05) is 61.0 Å². The van der Waals surface area contributed by atoms with Crippen molar-refractivity contribution in [1.82, 2.24) is 19.8 Å². The molecule has 0 spiro atoms. The van der Waals surface area contributed by atoms with Gasteiger partial charge in [-0.15, -0.1) is 0 Å². The number of amides is 2. The third-order valence-corrected chi connectivity index (χ3v) is 7.09. The van der Waals surface area contributed by atoms with E-state index in [-0.39, 0.29) is 24.4 Å². The Bertz CT molecular complexity index is 1380. The number of nitrogens with zero attached hydrogens (tertiary/aromatic N) is 3. The third-order valence-electron chi connectivity index (χ3n) is 7.09. The molecule has 7 nitrogen and oxygen atoms in total. The van der Waals surface area contributed by atoms with E-state index in [1.165, 1.54) is 0 Å². The van der Waals surface area contributed by atoms with Crippen LogP contribution in [0.15, 0.2) is 78.9 Å². The summed E-state index contributed by atoms with van der Waals surface area (Å²) in [6, 6.07) is 25.8. The fraction of sp³-hybridized carbons (Fsp3) is 0.364. The summed E-state index contributed by atoms with van der Waals surface area (Å²) in [5.41, 5.74) is 3.98. The maximum atomic E-state index is 13.5. The number of aryl methyl sites for hydroxylation is 1. The van der Waals surface area contributed by atoms with Crippen molar-refractivity contribution in [3.63, 3.8) is 0 Å². The van der Waals surface area contributed by atoms with Gasteiger partial charge in [0.25, 0.3) is 0 Å². The van der Waals surface area contributed by atoms with Crippen LogP contribution in [0, 0.1) is 0 Å². The topological polar surface area (TPSA) is 76.5 Å². The molecule has 0 bridgehead atoms. The first-order valence-corrected chi connectivity index (χ1v) is 14.1. The summed E-state index contributed by atoms with van der Waals surface area (Å²) in [6.45, 7) is 5.62. The van der Waals surface area contributed by atoms with Gasteiger partial charge in [0, 0.05) is 25.6 Å². The molecule has 0 unspecified atom stereocenters. The van der Waals surface area contributed by atoms with Crippen molar-refractivity contribution in [2.75, 3.05) is 13.7 Å². The number of rotatable bonds is 14. The van der Waals surface area contributed by atoms with Crippen molar-refractivity contribution in [3.8, 4) is 5.75 Å². The average molecular weight is 541 g/mol. The molecule has 1 aromatic heterocycles. The SMILES string of the molecule is COc1ccc(CC(=O)NCCCCCc2nc3ccccc3n2CC(=O)N(Cc2ccccc2)C(C)C)cc1. The maximum Gasteiger partial charge on any atom is 0.243 e. The van der Waals surface area contributed by atoms with Crippen molar-refractivity contribution < 1.29 is 14.3 Å². The first kappa shape index (κ1) is 28.9. The van der Waals surface area contributed by atoms with Crippen LogP contribution >= 0.6 is 0 Å². The molecule has 0 aliphatic carbocycles. The van der Waals surface area contributed by atoms with E-state index >= 15 is 0 Å². The fourth-order valence-electron chi connectivity index (χ4n) is 4.86. The highest BCUT2D eigenvalue weighted by atomic mass is 16.5. The minimum absolute atomic E-state index is 0.0238. The number of imidazole rings is 1. The van der Waals surface area contributed by atoms with Gasteiger partial charge in [-0.25, -0.2) is 4.98 Å². The summed E-state index contributed by atoms with van der Waals surface area (Å²) in [5.74, 6) is 1.83. The number of carbonyl (C=O) groups excluding carboxylic acids is 2. The summed E-state index contributed by atoms with van der Waals surface area (Å²) in [5, 5.41) is 3.02. The van der Waals surface area contributed by atoms with Gasteiger partial charge in [0.1, 0.15) is 18.1 Å².